The fourth-order valence-electron chi connectivity index (χ4n) is 1.75. The van der Waals surface area contributed by atoms with Gasteiger partial charge in [0, 0.05) is 27.0 Å². The molecule has 1 amide bonds. The number of hydrogen-bond acceptors (Lipinski definition) is 4. The summed E-state index contributed by atoms with van der Waals surface area (Å²) in [5.74, 6) is -0.175. The topological polar surface area (TPSA) is 75.3 Å². The van der Waals surface area contributed by atoms with E-state index in [0.717, 1.165) is 10.0 Å². The third-order valence-corrected chi connectivity index (χ3v) is 4.68. The van der Waals surface area contributed by atoms with Crippen LogP contribution in [0.15, 0.2) is 16.6 Å². The maximum atomic E-state index is 12.2. The van der Waals surface area contributed by atoms with Gasteiger partial charge in [-0.05, 0) is 37.8 Å². The van der Waals surface area contributed by atoms with Gasteiger partial charge in [0.1, 0.15) is 0 Å². The van der Waals surface area contributed by atoms with Crippen molar-refractivity contribution in [2.45, 2.75) is 25.1 Å². The van der Waals surface area contributed by atoms with E-state index < -0.39 is 0 Å². The number of hydrogen-bond donors (Lipinski definition) is 3. The number of halogens is 1. The number of aliphatic hydroxyl groups excluding tert-OH is 1. The Labute approximate surface area is 126 Å². The number of nitrogens with two attached hydrogens (primary N) is 1. The maximum Gasteiger partial charge on any atom is 0.251 e. The smallest absolute Gasteiger partial charge is 0.251 e. The fourth-order valence-corrected chi connectivity index (χ4v) is 2.85. The molecule has 1 aromatic rings. The van der Waals surface area contributed by atoms with Crippen LogP contribution < -0.4 is 11.1 Å². The molecule has 2 unspecified atom stereocenters. The third-order valence-electron chi connectivity index (χ3n) is 3.06. The van der Waals surface area contributed by atoms with Crippen LogP contribution in [0.3, 0.4) is 0 Å². The second-order valence-corrected chi connectivity index (χ2v) is 6.38. The van der Waals surface area contributed by atoms with Gasteiger partial charge in [-0.1, -0.05) is 15.9 Å². The summed E-state index contributed by atoms with van der Waals surface area (Å²) >= 11 is 4.86. The van der Waals surface area contributed by atoms with E-state index >= 15 is 0 Å². The van der Waals surface area contributed by atoms with E-state index in [1.807, 2.05) is 20.1 Å². The largest absolute Gasteiger partial charge is 0.398 e. The summed E-state index contributed by atoms with van der Waals surface area (Å²) in [6.07, 6.45) is 1.91. The molecule has 0 bridgehead atoms. The average Bonchev–Trinajstić information content (AvgIpc) is 2.35. The predicted molar refractivity (Wildman–Crippen MR) is 84.6 cm³/mol. The van der Waals surface area contributed by atoms with Crippen LogP contribution in [-0.2, 0) is 0 Å². The number of amides is 1. The van der Waals surface area contributed by atoms with Crippen molar-refractivity contribution in [2.75, 3.05) is 18.6 Å². The molecule has 4 N–H and O–H groups in total. The lowest BCUT2D eigenvalue weighted by Crippen LogP contribution is -2.41. The van der Waals surface area contributed by atoms with Crippen LogP contribution in [-0.4, -0.2) is 35.2 Å². The molecule has 0 saturated carbocycles. The Kier molecular flexibility index (Phi) is 6.16. The number of carbonyl (C=O) groups excluding carboxylic acids is 1. The van der Waals surface area contributed by atoms with Gasteiger partial charge >= 0.3 is 0 Å². The zero-order valence-electron chi connectivity index (χ0n) is 11.2. The molecule has 0 spiro atoms. The van der Waals surface area contributed by atoms with E-state index in [2.05, 4.69) is 21.2 Å². The van der Waals surface area contributed by atoms with Gasteiger partial charge in [-0.2, -0.15) is 11.8 Å². The third kappa shape index (κ3) is 4.12. The van der Waals surface area contributed by atoms with Gasteiger partial charge < -0.3 is 16.2 Å². The zero-order chi connectivity index (χ0) is 14.6. The SMILES string of the molecule is CSC(CO)C(C)NC(=O)c1cc(Br)cc(N)c1C. The highest BCUT2D eigenvalue weighted by molar-refractivity contribution is 9.10. The standard InChI is InChI=1S/C13H19BrN2O2S/c1-7-10(4-9(14)5-11(7)15)13(18)16-8(2)12(6-17)19-3/h4-5,8,12,17H,6,15H2,1-3H3,(H,16,18). The minimum Gasteiger partial charge on any atom is -0.398 e. The van der Waals surface area contributed by atoms with Crippen LogP contribution >= 0.6 is 27.7 Å². The van der Waals surface area contributed by atoms with Gasteiger partial charge in [0.2, 0.25) is 0 Å². The first-order valence-corrected chi connectivity index (χ1v) is 7.99. The number of carbonyl (C=O) groups is 1. The lowest BCUT2D eigenvalue weighted by molar-refractivity contribution is 0.0935. The van der Waals surface area contributed by atoms with Gasteiger partial charge in [-0.25, -0.2) is 0 Å². The van der Waals surface area contributed by atoms with Crippen molar-refractivity contribution in [1.82, 2.24) is 5.32 Å². The van der Waals surface area contributed by atoms with Crippen molar-refractivity contribution in [2.24, 2.45) is 0 Å². The van der Waals surface area contributed by atoms with Gasteiger partial charge in [0.25, 0.3) is 5.91 Å². The quantitative estimate of drug-likeness (QED) is 0.714. The lowest BCUT2D eigenvalue weighted by atomic mass is 10.1. The Balaban J connectivity index is 2.90. The highest BCUT2D eigenvalue weighted by Gasteiger charge is 2.19. The molecule has 4 nitrogen and oxygen atoms in total. The molecule has 0 radical (unpaired) electrons. The second-order valence-electron chi connectivity index (χ2n) is 4.39. The van der Waals surface area contributed by atoms with Crippen LogP contribution in [0.5, 0.6) is 0 Å². The Morgan fingerprint density at radius 3 is 2.74 bits per heavy atom. The zero-order valence-corrected chi connectivity index (χ0v) is 13.6. The van der Waals surface area contributed by atoms with Crippen LogP contribution in [0.1, 0.15) is 22.8 Å². The number of nitrogen functional groups attached to an aromatic ring is 1. The summed E-state index contributed by atoms with van der Waals surface area (Å²) < 4.78 is 0.775. The number of aliphatic hydroxyl groups is 1. The van der Waals surface area contributed by atoms with Gasteiger partial charge in [-0.15, -0.1) is 0 Å². The molecule has 0 aromatic heterocycles. The van der Waals surface area contributed by atoms with Crippen molar-refractivity contribution in [3.8, 4) is 0 Å². The lowest BCUT2D eigenvalue weighted by Gasteiger charge is -2.22. The van der Waals surface area contributed by atoms with Crippen molar-refractivity contribution < 1.29 is 9.90 Å². The number of rotatable bonds is 5. The molecule has 0 aliphatic rings. The minimum absolute atomic E-state index is 0.0197. The fraction of sp³-hybridized carbons (Fsp3) is 0.462. The molecule has 106 valence electrons. The molecule has 0 aliphatic heterocycles. The van der Waals surface area contributed by atoms with Crippen molar-refractivity contribution >= 4 is 39.3 Å². The molecule has 0 saturated heterocycles. The Morgan fingerprint density at radius 2 is 2.21 bits per heavy atom. The van der Waals surface area contributed by atoms with E-state index in [4.69, 9.17) is 5.73 Å². The molecule has 0 aliphatic carbocycles. The highest BCUT2D eigenvalue weighted by atomic mass is 79.9. The average molecular weight is 347 g/mol. The summed E-state index contributed by atoms with van der Waals surface area (Å²) in [6.45, 7) is 3.73. The van der Waals surface area contributed by atoms with Crippen LogP contribution in [0.2, 0.25) is 0 Å². The minimum atomic E-state index is -0.175. The molecule has 0 heterocycles. The summed E-state index contributed by atoms with van der Waals surface area (Å²) in [7, 11) is 0. The molecule has 0 fully saturated rings. The summed E-state index contributed by atoms with van der Waals surface area (Å²) in [5, 5.41) is 12.1. The first kappa shape index (κ1) is 16.3. The van der Waals surface area contributed by atoms with Gasteiger partial charge in [0.15, 0.2) is 0 Å². The van der Waals surface area contributed by atoms with Crippen LogP contribution in [0.4, 0.5) is 5.69 Å². The highest BCUT2D eigenvalue weighted by Crippen LogP contribution is 2.23. The van der Waals surface area contributed by atoms with E-state index in [1.165, 1.54) is 11.8 Å². The second kappa shape index (κ2) is 7.17. The van der Waals surface area contributed by atoms with Crippen LogP contribution in [0.25, 0.3) is 0 Å². The molecule has 2 atom stereocenters. The molecule has 19 heavy (non-hydrogen) atoms. The van der Waals surface area contributed by atoms with E-state index in [-0.39, 0.29) is 23.8 Å². The summed E-state index contributed by atoms with van der Waals surface area (Å²) in [6, 6.07) is 3.40. The Hall–Kier alpha value is -0.720. The van der Waals surface area contributed by atoms with Gasteiger partial charge in [0.05, 0.1) is 6.61 Å². The first-order valence-electron chi connectivity index (χ1n) is 5.90. The Morgan fingerprint density at radius 1 is 1.58 bits per heavy atom. The number of anilines is 1. The molecule has 1 rings (SSSR count). The molecule has 1 aromatic carbocycles. The Bertz CT molecular complexity index is 464. The first-order chi connectivity index (χ1) is 8.90. The van der Waals surface area contributed by atoms with E-state index in [1.54, 1.807) is 12.1 Å². The molecular formula is C13H19BrN2O2S. The van der Waals surface area contributed by atoms with Crippen molar-refractivity contribution in [3.63, 3.8) is 0 Å². The van der Waals surface area contributed by atoms with Gasteiger partial charge in [-0.3, -0.25) is 4.79 Å². The summed E-state index contributed by atoms with van der Waals surface area (Å²) in [5.41, 5.74) is 7.74. The van der Waals surface area contributed by atoms with Crippen molar-refractivity contribution in [3.05, 3.63) is 27.7 Å². The predicted octanol–water partition coefficient (Wildman–Crippen LogP) is 2.18. The van der Waals surface area contributed by atoms with E-state index in [0.29, 0.717) is 11.3 Å². The molecular weight excluding hydrogens is 328 g/mol. The monoisotopic (exact) mass is 346 g/mol. The number of nitrogens with one attached hydrogen (secondary N) is 1. The number of benzene rings is 1. The normalized spacial score (nSPS) is 13.9. The maximum absolute atomic E-state index is 12.2. The van der Waals surface area contributed by atoms with E-state index in [9.17, 15) is 9.90 Å². The molecule has 6 heteroatoms. The van der Waals surface area contributed by atoms with Crippen molar-refractivity contribution in [1.29, 1.82) is 0 Å². The van der Waals surface area contributed by atoms with Crippen LogP contribution in [0, 0.1) is 6.92 Å². The summed E-state index contributed by atoms with van der Waals surface area (Å²) in [4.78, 5) is 12.2. The number of thioether (sulfide) groups is 1.